The summed E-state index contributed by atoms with van der Waals surface area (Å²) in [5, 5.41) is 4.00. The Bertz CT molecular complexity index is 1660. The van der Waals surface area contributed by atoms with Crippen molar-refractivity contribution >= 4 is 61.5 Å². The summed E-state index contributed by atoms with van der Waals surface area (Å²) in [5.41, 5.74) is 4.65. The van der Waals surface area contributed by atoms with E-state index < -0.39 is 0 Å². The van der Waals surface area contributed by atoms with Gasteiger partial charge in [0.15, 0.2) is 7.28 Å². The first-order chi connectivity index (χ1) is 16.7. The Morgan fingerprint density at radius 3 is 1.76 bits per heavy atom. The van der Waals surface area contributed by atoms with Gasteiger partial charge >= 0.3 is 0 Å². The molecule has 2 aromatic carbocycles. The van der Waals surface area contributed by atoms with Crippen LogP contribution in [0.3, 0.4) is 0 Å². The lowest BCUT2D eigenvalue weighted by molar-refractivity contribution is 1.03. The summed E-state index contributed by atoms with van der Waals surface area (Å²) in [6.45, 7) is 3.04. The Morgan fingerprint density at radius 1 is 0.706 bits per heavy atom. The molecule has 0 fully saturated rings. The zero-order valence-electron chi connectivity index (χ0n) is 18.7. The molecule has 4 aromatic rings. The van der Waals surface area contributed by atoms with Crippen LogP contribution in [0.4, 0.5) is 0 Å². The molecular weight excluding hydrogens is 452 g/mol. The molecule has 2 aromatic heterocycles. The van der Waals surface area contributed by atoms with Crippen LogP contribution in [0.15, 0.2) is 68.5 Å². The molecule has 0 bridgehead atoms. The molecule has 0 saturated heterocycles. The van der Waals surface area contributed by atoms with E-state index in [1.54, 1.807) is 29.7 Å². The Hall–Kier alpha value is -2.70. The van der Waals surface area contributed by atoms with Crippen molar-refractivity contribution in [1.29, 1.82) is 0 Å². The highest BCUT2D eigenvalue weighted by Crippen LogP contribution is 2.22. The zero-order chi connectivity index (χ0) is 23.1. The van der Waals surface area contributed by atoms with Crippen LogP contribution in [0.25, 0.3) is 20.9 Å². The molecule has 0 unspecified atom stereocenters. The van der Waals surface area contributed by atoms with Crippen LogP contribution in [0.5, 0.6) is 0 Å². The molecule has 2 aliphatic rings. The Balaban J connectivity index is 1.38. The number of thiophene rings is 2. The SMILES string of the molecule is [B][B][B]c1ccc(-c2ccc(Cc3ccc(-c4ccc([B]C)s4)c4c3=NCN=4)c3c2=NCN=3)s1. The molecule has 157 valence electrons. The number of rotatable bonds is 7. The predicted octanol–water partition coefficient (Wildman–Crippen LogP) is 0.565. The highest BCUT2D eigenvalue weighted by molar-refractivity contribution is 7.37. The predicted molar refractivity (Wildman–Crippen MR) is 145 cm³/mol. The fraction of sp³-hybridized carbons (Fsp3) is 0.167. The van der Waals surface area contributed by atoms with Crippen LogP contribution >= 0.6 is 22.7 Å². The summed E-state index contributed by atoms with van der Waals surface area (Å²) < 4.78 is 2.39. The summed E-state index contributed by atoms with van der Waals surface area (Å²) in [7, 11) is 11.2. The van der Waals surface area contributed by atoms with Crippen LogP contribution in [-0.2, 0) is 6.42 Å². The minimum atomic E-state index is 0.478. The fourth-order valence-corrected chi connectivity index (χ4v) is 6.36. The smallest absolute Gasteiger partial charge is 0.162 e. The van der Waals surface area contributed by atoms with E-state index in [2.05, 4.69) is 62.6 Å². The van der Waals surface area contributed by atoms with Gasteiger partial charge in [-0.2, -0.15) is 22.7 Å². The molecule has 4 heterocycles. The lowest BCUT2D eigenvalue weighted by Crippen LogP contribution is -2.32. The number of nitrogens with zero attached hydrogens (tertiary/aromatic N) is 4. The van der Waals surface area contributed by atoms with Crippen LogP contribution in [0.1, 0.15) is 11.1 Å². The zero-order valence-corrected chi connectivity index (χ0v) is 20.3. The van der Waals surface area contributed by atoms with Crippen LogP contribution in [-0.4, -0.2) is 42.6 Å². The van der Waals surface area contributed by atoms with Gasteiger partial charge in [0.1, 0.15) is 20.5 Å². The lowest BCUT2D eigenvalue weighted by Gasteiger charge is -2.07. The van der Waals surface area contributed by atoms with Crippen molar-refractivity contribution in [2.75, 3.05) is 13.3 Å². The molecule has 0 aliphatic carbocycles. The topological polar surface area (TPSA) is 49.4 Å². The van der Waals surface area contributed by atoms with Crippen molar-refractivity contribution < 1.29 is 0 Å². The first-order valence-corrected chi connectivity index (χ1v) is 12.8. The van der Waals surface area contributed by atoms with Gasteiger partial charge in [0.2, 0.25) is 0 Å². The molecule has 10 heteroatoms. The van der Waals surface area contributed by atoms with Gasteiger partial charge in [-0.1, -0.05) is 43.2 Å². The highest BCUT2D eigenvalue weighted by atomic mass is 32.1. The van der Waals surface area contributed by atoms with Crippen molar-refractivity contribution in [3.8, 4) is 20.9 Å². The molecule has 4 nitrogen and oxygen atoms in total. The maximum atomic E-state index is 5.56. The quantitative estimate of drug-likeness (QED) is 0.356. The fourth-order valence-electron chi connectivity index (χ4n) is 4.49. The van der Waals surface area contributed by atoms with Gasteiger partial charge in [0, 0.05) is 42.1 Å². The van der Waals surface area contributed by atoms with Gasteiger partial charge < -0.3 is 0 Å². The second-order valence-corrected chi connectivity index (χ2v) is 10.3. The Labute approximate surface area is 209 Å². The Morgan fingerprint density at radius 2 is 1.24 bits per heavy atom. The Kier molecular flexibility index (Phi) is 5.87. The van der Waals surface area contributed by atoms with Crippen molar-refractivity contribution in [3.05, 3.63) is 81.1 Å². The van der Waals surface area contributed by atoms with Crippen LogP contribution < -0.4 is 31.0 Å². The maximum absolute atomic E-state index is 5.56. The largest absolute Gasteiger partial charge is 0.259 e. The summed E-state index contributed by atoms with van der Waals surface area (Å²) in [4.78, 5) is 21.4. The first kappa shape index (κ1) is 21.8. The minimum Gasteiger partial charge on any atom is -0.259 e. The summed E-state index contributed by atoms with van der Waals surface area (Å²) in [6, 6.07) is 17.3. The van der Waals surface area contributed by atoms with Gasteiger partial charge in [0.25, 0.3) is 0 Å². The molecule has 0 atom stereocenters. The van der Waals surface area contributed by atoms with E-state index in [-0.39, 0.29) is 0 Å². The van der Waals surface area contributed by atoms with Gasteiger partial charge in [-0.3, -0.25) is 20.0 Å². The monoisotopic (exact) mass is 469 g/mol. The average molecular weight is 469 g/mol. The first-order valence-electron chi connectivity index (χ1n) is 11.1. The van der Waals surface area contributed by atoms with E-state index in [1.165, 1.54) is 31.2 Å². The number of hydrogen-bond donors (Lipinski definition) is 0. The van der Waals surface area contributed by atoms with Gasteiger partial charge in [-0.25, -0.2) is 0 Å². The van der Waals surface area contributed by atoms with Crippen LogP contribution in [0.2, 0.25) is 6.82 Å². The lowest BCUT2D eigenvalue weighted by atomic mass is 9.28. The summed E-state index contributed by atoms with van der Waals surface area (Å²) in [5.74, 6) is 0. The van der Waals surface area contributed by atoms with Crippen molar-refractivity contribution in [2.24, 2.45) is 20.0 Å². The van der Waals surface area contributed by atoms with E-state index in [0.717, 1.165) is 38.2 Å². The molecule has 6 rings (SSSR count). The number of hydrogen-bond acceptors (Lipinski definition) is 6. The molecule has 0 amide bonds. The second kappa shape index (κ2) is 9.16. The third-order valence-electron chi connectivity index (χ3n) is 6.10. The highest BCUT2D eigenvalue weighted by Gasteiger charge is 2.16. The third kappa shape index (κ3) is 3.83. The summed E-state index contributed by atoms with van der Waals surface area (Å²) >= 11 is 3.50. The van der Waals surface area contributed by atoms with Crippen molar-refractivity contribution in [2.45, 2.75) is 13.2 Å². The van der Waals surface area contributed by atoms with Crippen molar-refractivity contribution in [3.63, 3.8) is 0 Å². The second-order valence-electron chi connectivity index (χ2n) is 8.08. The van der Waals surface area contributed by atoms with Gasteiger partial charge in [-0.15, -0.1) is 0 Å². The van der Waals surface area contributed by atoms with Gasteiger partial charge in [-0.05, 0) is 32.8 Å². The normalized spacial score (nSPS) is 13.2. The minimum absolute atomic E-state index is 0.478. The van der Waals surface area contributed by atoms with E-state index in [0.29, 0.717) is 13.3 Å². The number of fused-ring (bicyclic) bond motifs is 2. The molecule has 5 radical (unpaired) electrons. The third-order valence-corrected chi connectivity index (χ3v) is 8.36. The molecular formula is C24H17B4N4S2. The molecule has 0 spiro atoms. The van der Waals surface area contributed by atoms with E-state index in [1.807, 2.05) is 7.17 Å². The molecule has 2 aliphatic heterocycles. The van der Waals surface area contributed by atoms with E-state index >= 15 is 0 Å². The standard InChI is InChI=1S/C24H17B4N4S2/c1-26-19-8-6-17(33-19)15-4-2-13(21-23(15)31-11-29-21)10-14-3-5-16(24-22(14)30-12-32-24)18-7-9-20(34-18)27-28-25/h2-9H,10-12H2,1H3. The number of benzene rings is 2. The van der Waals surface area contributed by atoms with E-state index in [9.17, 15) is 0 Å². The summed E-state index contributed by atoms with van der Waals surface area (Å²) in [6.07, 6.45) is 0.757. The maximum Gasteiger partial charge on any atom is 0.162 e. The van der Waals surface area contributed by atoms with Gasteiger partial charge in [0.05, 0.1) is 21.4 Å². The molecule has 0 saturated carbocycles. The molecule has 0 N–H and O–H groups in total. The van der Waals surface area contributed by atoms with E-state index in [4.69, 9.17) is 27.7 Å². The van der Waals surface area contributed by atoms with Crippen LogP contribution in [0, 0.1) is 0 Å². The average Bonchev–Trinajstić information content (AvgIpc) is 3.66. The van der Waals surface area contributed by atoms with Crippen molar-refractivity contribution in [1.82, 2.24) is 0 Å². The molecule has 34 heavy (non-hydrogen) atoms.